The highest BCUT2D eigenvalue weighted by Gasteiger charge is 2.08. The highest BCUT2D eigenvalue weighted by Crippen LogP contribution is 2.17. The second-order valence-electron chi connectivity index (χ2n) is 2.76. The van der Waals surface area contributed by atoms with E-state index in [1.165, 1.54) is 12.1 Å². The van der Waals surface area contributed by atoms with Crippen LogP contribution < -0.4 is 5.73 Å². The lowest BCUT2D eigenvalue weighted by molar-refractivity contribution is 0.435. The van der Waals surface area contributed by atoms with Crippen molar-refractivity contribution in [3.05, 3.63) is 35.1 Å². The molecular weight excluding hydrogens is 196 g/mol. The Bertz CT molecular complexity index is 278. The molecule has 4 heteroatoms. The van der Waals surface area contributed by atoms with E-state index in [1.807, 2.05) is 0 Å². The molecule has 74 valence electrons. The molecule has 0 saturated heterocycles. The molecule has 0 aliphatic heterocycles. The minimum atomic E-state index is -0.708. The molecule has 13 heavy (non-hydrogen) atoms. The topological polar surface area (TPSA) is 26.0 Å². The molecule has 1 atom stereocenters. The first kappa shape index (κ1) is 12.3. The van der Waals surface area contributed by atoms with Crippen molar-refractivity contribution in [2.24, 2.45) is 5.73 Å². The number of nitrogens with two attached hydrogens (primary N) is 1. The first-order chi connectivity index (χ1) is 5.65. The summed E-state index contributed by atoms with van der Waals surface area (Å²) in [5.41, 5.74) is 6.78. The Balaban J connectivity index is 0.00000144. The van der Waals surface area contributed by atoms with E-state index in [4.69, 9.17) is 5.73 Å². The van der Waals surface area contributed by atoms with Gasteiger partial charge in [-0.05, 0) is 30.2 Å². The highest BCUT2D eigenvalue weighted by atomic mass is 35.5. The molecule has 1 rings (SSSR count). The van der Waals surface area contributed by atoms with E-state index in [-0.39, 0.29) is 18.2 Å². The second kappa shape index (κ2) is 5.14. The second-order valence-corrected chi connectivity index (χ2v) is 2.76. The van der Waals surface area contributed by atoms with Crippen LogP contribution in [0.5, 0.6) is 0 Å². The van der Waals surface area contributed by atoms with Crippen LogP contribution in [0.25, 0.3) is 0 Å². The Kier molecular flexibility index (Phi) is 4.88. The monoisotopic (exact) mass is 207 g/mol. The first-order valence-electron chi connectivity index (χ1n) is 3.72. The molecule has 2 N–H and O–H groups in total. The maximum absolute atomic E-state index is 12.7. The predicted octanol–water partition coefficient (Wildman–Crippen LogP) is 2.53. The fourth-order valence-electron chi connectivity index (χ4n) is 1.09. The zero-order valence-electron chi connectivity index (χ0n) is 7.26. The van der Waals surface area contributed by atoms with Crippen molar-refractivity contribution >= 4 is 12.4 Å². The van der Waals surface area contributed by atoms with Crippen molar-refractivity contribution in [2.75, 3.05) is 6.67 Å². The molecule has 0 bridgehead atoms. The highest BCUT2D eigenvalue weighted by molar-refractivity contribution is 5.85. The van der Waals surface area contributed by atoms with E-state index in [2.05, 4.69) is 0 Å². The Morgan fingerprint density at radius 1 is 1.46 bits per heavy atom. The van der Waals surface area contributed by atoms with Gasteiger partial charge in [-0.25, -0.2) is 8.78 Å². The maximum Gasteiger partial charge on any atom is 0.123 e. The van der Waals surface area contributed by atoms with E-state index in [9.17, 15) is 8.78 Å². The van der Waals surface area contributed by atoms with E-state index in [0.717, 1.165) is 5.56 Å². The van der Waals surface area contributed by atoms with Gasteiger partial charge in [0.2, 0.25) is 0 Å². The molecule has 1 nitrogen and oxygen atoms in total. The lowest BCUT2D eigenvalue weighted by Crippen LogP contribution is -2.13. The summed E-state index contributed by atoms with van der Waals surface area (Å²) in [6, 6.07) is 3.50. The Hall–Kier alpha value is -0.670. The van der Waals surface area contributed by atoms with Gasteiger partial charge in [0.15, 0.2) is 0 Å². The van der Waals surface area contributed by atoms with Gasteiger partial charge in [0.1, 0.15) is 12.5 Å². The van der Waals surface area contributed by atoms with Crippen molar-refractivity contribution in [3.63, 3.8) is 0 Å². The average molecular weight is 208 g/mol. The third-order valence-corrected chi connectivity index (χ3v) is 1.81. The van der Waals surface area contributed by atoms with Gasteiger partial charge in [-0.1, -0.05) is 6.07 Å². The summed E-state index contributed by atoms with van der Waals surface area (Å²) in [6.45, 7) is 1.12. The summed E-state index contributed by atoms with van der Waals surface area (Å²) in [5.74, 6) is -0.375. The molecule has 1 aromatic carbocycles. The van der Waals surface area contributed by atoms with Crippen molar-refractivity contribution in [3.8, 4) is 0 Å². The van der Waals surface area contributed by atoms with Crippen LogP contribution in [0.15, 0.2) is 18.2 Å². The standard InChI is InChI=1S/C9H11F2N.ClH/c1-6-2-3-7(11)4-8(6)9(12)5-10;/h2-4,9H,5,12H2,1H3;1H/t9-;/m0./s1. The van der Waals surface area contributed by atoms with Gasteiger partial charge in [0, 0.05) is 0 Å². The van der Waals surface area contributed by atoms with Crippen LogP contribution in [0, 0.1) is 12.7 Å². The number of benzene rings is 1. The Labute approximate surface area is 82.4 Å². The molecule has 0 saturated carbocycles. The molecule has 0 aliphatic rings. The fourth-order valence-corrected chi connectivity index (χ4v) is 1.09. The van der Waals surface area contributed by atoms with Gasteiger partial charge in [0.05, 0.1) is 6.04 Å². The smallest absolute Gasteiger partial charge is 0.123 e. The largest absolute Gasteiger partial charge is 0.322 e. The summed E-state index contributed by atoms with van der Waals surface area (Å²) < 4.78 is 24.8. The van der Waals surface area contributed by atoms with E-state index in [1.54, 1.807) is 13.0 Å². The summed E-state index contributed by atoms with van der Waals surface area (Å²) in [4.78, 5) is 0. The van der Waals surface area contributed by atoms with Crippen LogP contribution in [-0.2, 0) is 0 Å². The normalized spacial score (nSPS) is 12.0. The molecule has 0 aromatic heterocycles. The third-order valence-electron chi connectivity index (χ3n) is 1.81. The van der Waals surface area contributed by atoms with Gasteiger partial charge in [0.25, 0.3) is 0 Å². The van der Waals surface area contributed by atoms with Crippen LogP contribution in [0.2, 0.25) is 0 Å². The summed E-state index contributed by atoms with van der Waals surface area (Å²) >= 11 is 0. The van der Waals surface area contributed by atoms with E-state index >= 15 is 0 Å². The van der Waals surface area contributed by atoms with Crippen molar-refractivity contribution in [1.29, 1.82) is 0 Å². The van der Waals surface area contributed by atoms with Gasteiger partial charge < -0.3 is 5.73 Å². The molecule has 1 aromatic rings. The Morgan fingerprint density at radius 3 is 2.62 bits per heavy atom. The summed E-state index contributed by atoms with van der Waals surface area (Å²) in [5, 5.41) is 0. The Morgan fingerprint density at radius 2 is 2.08 bits per heavy atom. The zero-order valence-corrected chi connectivity index (χ0v) is 8.07. The molecule has 0 unspecified atom stereocenters. The van der Waals surface area contributed by atoms with Crippen LogP contribution in [0.3, 0.4) is 0 Å². The lowest BCUT2D eigenvalue weighted by atomic mass is 10.0. The number of rotatable bonds is 2. The molecule has 0 spiro atoms. The van der Waals surface area contributed by atoms with Crippen LogP contribution in [-0.4, -0.2) is 6.67 Å². The molecule has 0 amide bonds. The van der Waals surface area contributed by atoms with Crippen LogP contribution in [0.1, 0.15) is 17.2 Å². The molecule has 0 fully saturated rings. The zero-order chi connectivity index (χ0) is 9.14. The minimum Gasteiger partial charge on any atom is -0.322 e. The van der Waals surface area contributed by atoms with Crippen LogP contribution >= 0.6 is 12.4 Å². The van der Waals surface area contributed by atoms with Crippen molar-refractivity contribution < 1.29 is 8.78 Å². The van der Waals surface area contributed by atoms with Crippen molar-refractivity contribution in [1.82, 2.24) is 0 Å². The SMILES string of the molecule is Cc1ccc(F)cc1[C@@H](N)CF.Cl. The minimum absolute atomic E-state index is 0. The van der Waals surface area contributed by atoms with Crippen LogP contribution in [0.4, 0.5) is 8.78 Å². The van der Waals surface area contributed by atoms with E-state index < -0.39 is 12.7 Å². The average Bonchev–Trinajstić information content (AvgIpc) is 2.08. The van der Waals surface area contributed by atoms with Gasteiger partial charge in [-0.15, -0.1) is 12.4 Å². The maximum atomic E-state index is 12.7. The number of alkyl halides is 1. The van der Waals surface area contributed by atoms with E-state index in [0.29, 0.717) is 5.56 Å². The first-order valence-corrected chi connectivity index (χ1v) is 3.72. The quantitative estimate of drug-likeness (QED) is 0.793. The number of halogens is 3. The van der Waals surface area contributed by atoms with Gasteiger partial charge >= 0.3 is 0 Å². The predicted molar refractivity (Wildman–Crippen MR) is 51.3 cm³/mol. The number of hydrogen-bond donors (Lipinski definition) is 1. The van der Waals surface area contributed by atoms with Gasteiger partial charge in [-0.2, -0.15) is 0 Å². The van der Waals surface area contributed by atoms with Gasteiger partial charge in [-0.3, -0.25) is 0 Å². The molecule has 0 aliphatic carbocycles. The number of aryl methyl sites for hydroxylation is 1. The molecule has 0 heterocycles. The fraction of sp³-hybridized carbons (Fsp3) is 0.333. The van der Waals surface area contributed by atoms with Crippen molar-refractivity contribution in [2.45, 2.75) is 13.0 Å². The lowest BCUT2D eigenvalue weighted by Gasteiger charge is -2.10. The number of hydrogen-bond acceptors (Lipinski definition) is 1. The summed E-state index contributed by atoms with van der Waals surface area (Å²) in [7, 11) is 0. The third kappa shape index (κ3) is 2.94. The summed E-state index contributed by atoms with van der Waals surface area (Å²) in [6.07, 6.45) is 0. The molecule has 0 radical (unpaired) electrons. The molecular formula is C9H12ClF2N.